The molecule has 0 amide bonds. The van der Waals surface area contributed by atoms with E-state index in [1.807, 2.05) is 56.6 Å². The summed E-state index contributed by atoms with van der Waals surface area (Å²) in [7, 11) is 3.98. The van der Waals surface area contributed by atoms with Gasteiger partial charge in [0.2, 0.25) is 0 Å². The van der Waals surface area contributed by atoms with Gasteiger partial charge in [-0.25, -0.2) is 0 Å². The lowest BCUT2D eigenvalue weighted by Gasteiger charge is -2.15. The maximum absolute atomic E-state index is 13.1. The monoisotopic (exact) mass is 449 g/mol. The Kier molecular flexibility index (Phi) is 5.44. The second-order valence-electron chi connectivity index (χ2n) is 6.17. The summed E-state index contributed by atoms with van der Waals surface area (Å²) in [6.45, 7) is 2.49. The molecule has 130 valence electrons. The van der Waals surface area contributed by atoms with E-state index < -0.39 is 0 Å². The molecular formula is C20H20INO3. The number of rotatable bonds is 5. The van der Waals surface area contributed by atoms with E-state index in [4.69, 9.17) is 9.15 Å². The fourth-order valence-electron chi connectivity index (χ4n) is 2.92. The quantitative estimate of drug-likeness (QED) is 0.422. The van der Waals surface area contributed by atoms with Crippen LogP contribution in [-0.2, 0) is 6.54 Å². The van der Waals surface area contributed by atoms with Crippen LogP contribution in [0.1, 0.15) is 11.1 Å². The van der Waals surface area contributed by atoms with Gasteiger partial charge in [-0.1, -0.05) is 36.4 Å². The first-order chi connectivity index (χ1) is 12.0. The highest BCUT2D eigenvalue weighted by atomic mass is 127. The Morgan fingerprint density at radius 2 is 1.84 bits per heavy atom. The molecule has 0 aliphatic heterocycles. The van der Waals surface area contributed by atoms with E-state index in [9.17, 15) is 4.79 Å². The van der Waals surface area contributed by atoms with Crippen molar-refractivity contribution in [1.29, 1.82) is 0 Å². The molecule has 3 aromatic rings. The molecule has 0 saturated carbocycles. The molecule has 0 unspecified atom stereocenters. The molecule has 0 aliphatic rings. The Bertz CT molecular complexity index is 949. The molecule has 5 heteroatoms. The third-order valence-electron chi connectivity index (χ3n) is 4.05. The Morgan fingerprint density at radius 3 is 2.48 bits per heavy atom. The molecular weight excluding hydrogens is 429 g/mol. The van der Waals surface area contributed by atoms with E-state index in [0.717, 1.165) is 11.1 Å². The predicted molar refractivity (Wildman–Crippen MR) is 110 cm³/mol. The molecule has 2 aromatic carbocycles. The SMILES string of the molecule is Cc1c(-c2ccccc2)oc2c(CN(C)C)ccc(OCI)c2c1=O. The van der Waals surface area contributed by atoms with E-state index in [0.29, 0.717) is 39.2 Å². The summed E-state index contributed by atoms with van der Waals surface area (Å²) in [4.78, 5) is 15.2. The molecule has 4 nitrogen and oxygen atoms in total. The van der Waals surface area contributed by atoms with Crippen molar-refractivity contribution < 1.29 is 9.15 Å². The van der Waals surface area contributed by atoms with Gasteiger partial charge in [0.25, 0.3) is 0 Å². The van der Waals surface area contributed by atoms with Gasteiger partial charge in [-0.15, -0.1) is 0 Å². The molecule has 0 N–H and O–H groups in total. The molecule has 0 aliphatic carbocycles. The largest absolute Gasteiger partial charge is 0.482 e. The zero-order chi connectivity index (χ0) is 18.0. The van der Waals surface area contributed by atoms with Gasteiger partial charge in [0.05, 0.1) is 0 Å². The van der Waals surface area contributed by atoms with Crippen LogP contribution in [0.4, 0.5) is 0 Å². The zero-order valence-electron chi connectivity index (χ0n) is 14.5. The Labute approximate surface area is 160 Å². The van der Waals surface area contributed by atoms with E-state index >= 15 is 0 Å². The first-order valence-corrected chi connectivity index (χ1v) is 9.53. The first-order valence-electron chi connectivity index (χ1n) is 8.01. The van der Waals surface area contributed by atoms with Crippen LogP contribution in [0.3, 0.4) is 0 Å². The highest BCUT2D eigenvalue weighted by molar-refractivity contribution is 14.1. The van der Waals surface area contributed by atoms with Crippen LogP contribution in [0.25, 0.3) is 22.3 Å². The fourth-order valence-corrected chi connectivity index (χ4v) is 3.25. The van der Waals surface area contributed by atoms with Gasteiger partial charge >= 0.3 is 0 Å². The minimum atomic E-state index is -0.0411. The standard InChI is InChI=1S/C20H20INO3/c1-13-18(23)17-16(24-12-21)10-9-15(11-22(2)3)20(17)25-19(13)14-7-5-4-6-8-14/h4-10H,11-12H2,1-3H3. The van der Waals surface area contributed by atoms with Crippen molar-refractivity contribution in [2.45, 2.75) is 13.5 Å². The lowest BCUT2D eigenvalue weighted by atomic mass is 10.0. The average molecular weight is 449 g/mol. The lowest BCUT2D eigenvalue weighted by Crippen LogP contribution is -2.14. The summed E-state index contributed by atoms with van der Waals surface area (Å²) < 4.78 is 12.4. The van der Waals surface area contributed by atoms with Crippen LogP contribution in [0.15, 0.2) is 51.7 Å². The number of halogens is 1. The van der Waals surface area contributed by atoms with Crippen LogP contribution < -0.4 is 10.2 Å². The molecule has 25 heavy (non-hydrogen) atoms. The molecule has 1 aromatic heterocycles. The minimum Gasteiger partial charge on any atom is -0.482 e. The summed E-state index contributed by atoms with van der Waals surface area (Å²) in [5.74, 6) is 1.19. The first kappa shape index (κ1) is 17.9. The highest BCUT2D eigenvalue weighted by Crippen LogP contribution is 2.32. The van der Waals surface area contributed by atoms with Gasteiger partial charge in [-0.3, -0.25) is 4.79 Å². The highest BCUT2D eigenvalue weighted by Gasteiger charge is 2.19. The molecule has 0 saturated heterocycles. The van der Waals surface area contributed by atoms with Gasteiger partial charge < -0.3 is 14.1 Å². The number of hydrogen-bond donors (Lipinski definition) is 0. The van der Waals surface area contributed by atoms with Crippen LogP contribution in [0.5, 0.6) is 5.75 Å². The topological polar surface area (TPSA) is 42.7 Å². The third-order valence-corrected chi connectivity index (χ3v) is 4.36. The molecule has 0 radical (unpaired) electrons. The van der Waals surface area contributed by atoms with E-state index in [1.54, 1.807) is 6.92 Å². The van der Waals surface area contributed by atoms with Gasteiger partial charge in [0.1, 0.15) is 27.1 Å². The van der Waals surface area contributed by atoms with Gasteiger partial charge in [0.15, 0.2) is 5.43 Å². The van der Waals surface area contributed by atoms with Crippen molar-refractivity contribution in [1.82, 2.24) is 4.90 Å². The molecule has 0 fully saturated rings. The molecule has 1 heterocycles. The number of alkyl halides is 1. The van der Waals surface area contributed by atoms with E-state index in [2.05, 4.69) is 27.5 Å². The van der Waals surface area contributed by atoms with Gasteiger partial charge in [0, 0.05) is 23.2 Å². The second kappa shape index (κ2) is 7.58. The van der Waals surface area contributed by atoms with Crippen molar-refractivity contribution in [3.05, 3.63) is 63.8 Å². The maximum atomic E-state index is 13.1. The Balaban J connectivity index is 2.36. The summed E-state index contributed by atoms with van der Waals surface area (Å²) in [6.07, 6.45) is 0. The summed E-state index contributed by atoms with van der Waals surface area (Å²) in [5, 5.41) is 0.521. The third kappa shape index (κ3) is 3.57. The van der Waals surface area contributed by atoms with Crippen molar-refractivity contribution in [2.24, 2.45) is 0 Å². The molecule has 0 atom stereocenters. The van der Waals surface area contributed by atoms with Crippen LogP contribution >= 0.6 is 22.6 Å². The summed E-state index contributed by atoms with van der Waals surface area (Å²) in [5.41, 5.74) is 3.02. The maximum Gasteiger partial charge on any atom is 0.199 e. The molecule has 0 spiro atoms. The van der Waals surface area contributed by atoms with Crippen LogP contribution in [0.2, 0.25) is 0 Å². The number of ether oxygens (including phenoxy) is 1. The minimum absolute atomic E-state index is 0.0411. The number of hydrogen-bond acceptors (Lipinski definition) is 4. The second-order valence-corrected chi connectivity index (χ2v) is 6.79. The summed E-state index contributed by atoms with van der Waals surface area (Å²) in [6, 6.07) is 13.6. The van der Waals surface area contributed by atoms with Crippen molar-refractivity contribution in [3.63, 3.8) is 0 Å². The Morgan fingerprint density at radius 1 is 1.12 bits per heavy atom. The van der Waals surface area contributed by atoms with Crippen molar-refractivity contribution in [3.8, 4) is 17.1 Å². The summed E-state index contributed by atoms with van der Waals surface area (Å²) >= 11 is 2.13. The number of benzene rings is 2. The molecule has 0 bridgehead atoms. The fraction of sp³-hybridized carbons (Fsp3) is 0.250. The van der Waals surface area contributed by atoms with Crippen LogP contribution in [-0.4, -0.2) is 23.6 Å². The van der Waals surface area contributed by atoms with E-state index in [-0.39, 0.29) is 5.43 Å². The van der Waals surface area contributed by atoms with Crippen molar-refractivity contribution >= 4 is 33.6 Å². The average Bonchev–Trinajstić information content (AvgIpc) is 2.60. The lowest BCUT2D eigenvalue weighted by molar-refractivity contribution is 0.397. The van der Waals surface area contributed by atoms with E-state index in [1.165, 1.54) is 0 Å². The predicted octanol–water partition coefficient (Wildman–Crippen LogP) is 4.60. The van der Waals surface area contributed by atoms with Crippen molar-refractivity contribution in [2.75, 3.05) is 18.7 Å². The number of nitrogens with zero attached hydrogens (tertiary/aromatic N) is 1. The van der Waals surface area contributed by atoms with Crippen LogP contribution in [0, 0.1) is 6.92 Å². The molecule has 3 rings (SSSR count). The number of fused-ring (bicyclic) bond motifs is 1. The zero-order valence-corrected chi connectivity index (χ0v) is 16.7. The Hall–Kier alpha value is -1.86. The van der Waals surface area contributed by atoms with Gasteiger partial charge in [-0.05, 0) is 49.7 Å². The smallest absolute Gasteiger partial charge is 0.199 e. The normalized spacial score (nSPS) is 11.2. The van der Waals surface area contributed by atoms with Gasteiger partial charge in [-0.2, -0.15) is 0 Å².